The summed E-state index contributed by atoms with van der Waals surface area (Å²) in [7, 11) is 3.06. The maximum absolute atomic E-state index is 12.3. The van der Waals surface area contributed by atoms with Gasteiger partial charge >= 0.3 is 0 Å². The van der Waals surface area contributed by atoms with Gasteiger partial charge < -0.3 is 9.47 Å². The molecule has 144 valence electrons. The zero-order chi connectivity index (χ0) is 20.3. The predicted molar refractivity (Wildman–Crippen MR) is 111 cm³/mol. The van der Waals surface area contributed by atoms with Gasteiger partial charge in [0, 0.05) is 22.2 Å². The maximum Gasteiger partial charge on any atom is 0.281 e. The summed E-state index contributed by atoms with van der Waals surface area (Å²) in [5.41, 5.74) is 3.12. The number of amides is 1. The van der Waals surface area contributed by atoms with Crippen molar-refractivity contribution < 1.29 is 19.2 Å². The number of hydrogen-bond donors (Lipinski definition) is 1. The molecule has 0 aliphatic carbocycles. The van der Waals surface area contributed by atoms with E-state index in [2.05, 4.69) is 26.5 Å². The van der Waals surface area contributed by atoms with E-state index >= 15 is 0 Å². The van der Waals surface area contributed by atoms with Crippen molar-refractivity contribution in [2.24, 2.45) is 5.10 Å². The Labute approximate surface area is 172 Å². The molecule has 0 radical (unpaired) electrons. The first-order valence-corrected chi connectivity index (χ1v) is 9.46. The molecule has 28 heavy (non-hydrogen) atoms. The Morgan fingerprint density at radius 3 is 2.71 bits per heavy atom. The Hall–Kier alpha value is -2.98. The molecule has 0 aliphatic rings. The molecular weight excluding hydrogens is 450 g/mol. The van der Waals surface area contributed by atoms with Gasteiger partial charge in [0.2, 0.25) is 0 Å². The molecule has 2 aromatic carbocycles. The summed E-state index contributed by atoms with van der Waals surface area (Å²) < 4.78 is 12.0. The summed E-state index contributed by atoms with van der Waals surface area (Å²) >= 11 is 4.62. The van der Waals surface area contributed by atoms with Crippen molar-refractivity contribution in [2.45, 2.75) is 0 Å². The molecule has 0 spiro atoms. The lowest BCUT2D eigenvalue weighted by Gasteiger charge is -2.10. The highest BCUT2D eigenvalue weighted by atomic mass is 79.9. The van der Waals surface area contributed by atoms with Gasteiger partial charge in [0.15, 0.2) is 11.5 Å². The van der Waals surface area contributed by atoms with Gasteiger partial charge in [0.1, 0.15) is 0 Å². The van der Waals surface area contributed by atoms with Crippen LogP contribution in [0.15, 0.2) is 46.0 Å². The Balaban J connectivity index is 1.76. The maximum atomic E-state index is 12.3. The Bertz CT molecular complexity index is 1100. The summed E-state index contributed by atoms with van der Waals surface area (Å²) in [5, 5.41) is 15.5. The van der Waals surface area contributed by atoms with Crippen molar-refractivity contribution in [1.82, 2.24) is 5.43 Å². The topological polar surface area (TPSA) is 103 Å². The number of benzene rings is 2. The van der Waals surface area contributed by atoms with Crippen molar-refractivity contribution in [1.29, 1.82) is 0 Å². The van der Waals surface area contributed by atoms with E-state index in [1.165, 1.54) is 43.9 Å². The second-order valence-electron chi connectivity index (χ2n) is 5.53. The number of methoxy groups -OCH3 is 2. The number of carbonyl (C=O) groups excluding carboxylic acids is 1. The second kappa shape index (κ2) is 8.36. The first kappa shape index (κ1) is 19.8. The number of nitrogens with one attached hydrogen (secondary N) is 1. The highest BCUT2D eigenvalue weighted by Gasteiger charge is 2.13. The first-order valence-electron chi connectivity index (χ1n) is 7.86. The van der Waals surface area contributed by atoms with Crippen LogP contribution in [0, 0.1) is 10.1 Å². The SMILES string of the molecule is COc1cc(/C=N/NC(=O)c2cc3cc([N+](=O)[O-])ccc3s2)cc(Br)c1OC. The second-order valence-corrected chi connectivity index (χ2v) is 7.47. The predicted octanol–water partition coefficient (Wildman–Crippen LogP) is 4.35. The Morgan fingerprint density at radius 1 is 1.25 bits per heavy atom. The van der Waals surface area contributed by atoms with E-state index in [1.807, 2.05) is 0 Å². The third-order valence-corrected chi connectivity index (χ3v) is 5.47. The zero-order valence-electron chi connectivity index (χ0n) is 14.8. The molecular formula is C18H14BrN3O5S. The van der Waals surface area contributed by atoms with Crippen LogP contribution in [0.25, 0.3) is 10.1 Å². The standard InChI is InChI=1S/C18H14BrN3O5S/c1-26-14-6-10(5-13(19)17(14)27-2)9-20-21-18(23)16-8-11-7-12(22(24)25)3-4-15(11)28-16/h3-9H,1-2H3,(H,21,23)/b20-9+. The minimum Gasteiger partial charge on any atom is -0.493 e. The van der Waals surface area contributed by atoms with Crippen LogP contribution >= 0.6 is 27.3 Å². The fourth-order valence-corrected chi connectivity index (χ4v) is 4.04. The zero-order valence-corrected chi connectivity index (χ0v) is 17.2. The molecule has 3 aromatic rings. The molecule has 0 atom stereocenters. The number of nitro benzene ring substituents is 1. The van der Waals surface area contributed by atoms with Crippen molar-refractivity contribution in [3.63, 3.8) is 0 Å². The molecule has 0 saturated heterocycles. The number of carbonyl (C=O) groups is 1. The fraction of sp³-hybridized carbons (Fsp3) is 0.111. The number of nitrogens with zero attached hydrogens (tertiary/aromatic N) is 2. The molecule has 0 bridgehead atoms. The van der Waals surface area contributed by atoms with Crippen molar-refractivity contribution in [2.75, 3.05) is 14.2 Å². The molecule has 3 rings (SSSR count). The van der Waals surface area contributed by atoms with E-state index < -0.39 is 10.8 Å². The molecule has 8 nitrogen and oxygen atoms in total. The number of thiophene rings is 1. The number of hydrazone groups is 1. The highest BCUT2D eigenvalue weighted by Crippen LogP contribution is 2.35. The van der Waals surface area contributed by atoms with Crippen LogP contribution < -0.4 is 14.9 Å². The van der Waals surface area contributed by atoms with Crippen LogP contribution in [0.3, 0.4) is 0 Å². The number of ether oxygens (including phenoxy) is 2. The fourth-order valence-electron chi connectivity index (χ4n) is 2.49. The van der Waals surface area contributed by atoms with Crippen LogP contribution in [0.1, 0.15) is 15.2 Å². The van der Waals surface area contributed by atoms with Crippen molar-refractivity contribution in [3.8, 4) is 11.5 Å². The van der Waals surface area contributed by atoms with Gasteiger partial charge in [-0.1, -0.05) is 0 Å². The summed E-state index contributed by atoms with van der Waals surface area (Å²) in [6.07, 6.45) is 1.47. The van der Waals surface area contributed by atoms with Gasteiger partial charge in [-0.3, -0.25) is 14.9 Å². The summed E-state index contributed by atoms with van der Waals surface area (Å²) in [5.74, 6) is 0.679. The molecule has 0 aliphatic heterocycles. The molecule has 1 heterocycles. The van der Waals surface area contributed by atoms with Crippen LogP contribution in [0.4, 0.5) is 5.69 Å². The number of halogens is 1. The number of hydrogen-bond acceptors (Lipinski definition) is 7. The highest BCUT2D eigenvalue weighted by molar-refractivity contribution is 9.10. The summed E-state index contributed by atoms with van der Waals surface area (Å²) in [4.78, 5) is 23.1. The van der Waals surface area contributed by atoms with Crippen molar-refractivity contribution in [3.05, 3.63) is 61.4 Å². The number of nitro groups is 1. The van der Waals surface area contributed by atoms with E-state index in [4.69, 9.17) is 9.47 Å². The third-order valence-electron chi connectivity index (χ3n) is 3.77. The van der Waals surface area contributed by atoms with Gasteiger partial charge in [-0.15, -0.1) is 11.3 Å². The minimum atomic E-state index is -0.470. The minimum absolute atomic E-state index is 0.0192. The number of fused-ring (bicyclic) bond motifs is 1. The monoisotopic (exact) mass is 463 g/mol. The quantitative estimate of drug-likeness (QED) is 0.332. The summed E-state index contributed by atoms with van der Waals surface area (Å²) in [6, 6.07) is 9.57. The molecule has 0 unspecified atom stereocenters. The van der Waals surface area contributed by atoms with E-state index in [-0.39, 0.29) is 5.69 Å². The van der Waals surface area contributed by atoms with E-state index in [1.54, 1.807) is 24.3 Å². The van der Waals surface area contributed by atoms with Gasteiger partial charge in [0.25, 0.3) is 11.6 Å². The van der Waals surface area contributed by atoms with Crippen LogP contribution in [-0.2, 0) is 0 Å². The lowest BCUT2D eigenvalue weighted by Crippen LogP contribution is -2.16. The normalized spacial score (nSPS) is 11.0. The smallest absolute Gasteiger partial charge is 0.281 e. The van der Waals surface area contributed by atoms with E-state index in [0.29, 0.717) is 31.8 Å². The van der Waals surface area contributed by atoms with Gasteiger partial charge in [-0.05, 0) is 45.8 Å². The van der Waals surface area contributed by atoms with Crippen LogP contribution in [0.5, 0.6) is 11.5 Å². The molecule has 10 heteroatoms. The van der Waals surface area contributed by atoms with Gasteiger partial charge in [-0.25, -0.2) is 5.43 Å². The Morgan fingerprint density at radius 2 is 2.04 bits per heavy atom. The first-order chi connectivity index (χ1) is 13.4. The largest absolute Gasteiger partial charge is 0.493 e. The van der Waals surface area contributed by atoms with Crippen molar-refractivity contribution >= 4 is 55.2 Å². The molecule has 0 saturated carbocycles. The average Bonchev–Trinajstić information content (AvgIpc) is 3.10. The molecule has 0 fully saturated rings. The molecule has 1 N–H and O–H groups in total. The van der Waals surface area contributed by atoms with E-state index in [0.717, 1.165) is 4.70 Å². The average molecular weight is 464 g/mol. The lowest BCUT2D eigenvalue weighted by molar-refractivity contribution is -0.384. The lowest BCUT2D eigenvalue weighted by atomic mass is 10.2. The number of rotatable bonds is 6. The molecule has 1 aromatic heterocycles. The van der Waals surface area contributed by atoms with Crippen LogP contribution in [0.2, 0.25) is 0 Å². The molecule has 1 amide bonds. The Kier molecular flexibility index (Phi) is 5.90. The summed E-state index contributed by atoms with van der Waals surface area (Å²) in [6.45, 7) is 0. The third kappa shape index (κ3) is 4.12. The van der Waals surface area contributed by atoms with E-state index in [9.17, 15) is 14.9 Å². The van der Waals surface area contributed by atoms with Gasteiger partial charge in [-0.2, -0.15) is 5.10 Å². The van der Waals surface area contributed by atoms with Crippen LogP contribution in [-0.4, -0.2) is 31.3 Å². The number of non-ortho nitro benzene ring substituents is 1. The van der Waals surface area contributed by atoms with Gasteiger partial charge in [0.05, 0.1) is 34.7 Å².